The Labute approximate surface area is 166 Å². The smallest absolute Gasteiger partial charge is 0.216 e. The molecule has 25 heavy (non-hydrogen) atoms. The van der Waals surface area contributed by atoms with Crippen molar-refractivity contribution >= 4 is 41.3 Å². The molecule has 134 valence electrons. The maximum Gasteiger partial charge on any atom is 0.216 e. The number of thiazole rings is 1. The van der Waals surface area contributed by atoms with Gasteiger partial charge < -0.3 is 15.1 Å². The molecule has 0 radical (unpaired) electrons. The monoisotopic (exact) mass is 473 g/mol. The van der Waals surface area contributed by atoms with E-state index in [0.717, 1.165) is 11.6 Å². The number of rotatable bonds is 6. The summed E-state index contributed by atoms with van der Waals surface area (Å²) in [5.41, 5.74) is 0. The van der Waals surface area contributed by atoms with Crippen LogP contribution in [-0.2, 0) is 13.1 Å². The molecule has 3 N–H and O–H groups in total. The van der Waals surface area contributed by atoms with Crippen LogP contribution in [0.25, 0.3) is 11.6 Å². The molecular formula is C15H20IN7OS. The molecule has 0 saturated carbocycles. The van der Waals surface area contributed by atoms with Gasteiger partial charge in [0.05, 0.1) is 12.8 Å². The zero-order valence-electron chi connectivity index (χ0n) is 13.9. The zero-order valence-corrected chi connectivity index (χ0v) is 17.1. The van der Waals surface area contributed by atoms with Crippen molar-refractivity contribution in [2.24, 2.45) is 4.99 Å². The van der Waals surface area contributed by atoms with Crippen LogP contribution >= 0.6 is 35.3 Å². The Morgan fingerprint density at radius 1 is 1.40 bits per heavy atom. The number of halogens is 1. The van der Waals surface area contributed by atoms with E-state index in [1.165, 1.54) is 4.88 Å². The van der Waals surface area contributed by atoms with Gasteiger partial charge in [-0.3, -0.25) is 5.10 Å². The number of aryl methyl sites for hydroxylation is 1. The maximum atomic E-state index is 5.28. The fourth-order valence-corrected chi connectivity index (χ4v) is 2.75. The number of nitrogens with zero attached hydrogens (tertiary/aromatic N) is 4. The standard InChI is InChI=1S/C15H19N7OS.HI/c1-3-16-15(19-9-13-17-7-10(2)24-13)18-8-12-20-14(22-21-12)11-5-4-6-23-11;/h4-7H,3,8-9H2,1-2H3,(H2,16,18,19)(H,20,21,22);1H. The summed E-state index contributed by atoms with van der Waals surface area (Å²) in [5, 5.41) is 14.5. The summed E-state index contributed by atoms with van der Waals surface area (Å²) in [5.74, 6) is 2.54. The second-order valence-electron chi connectivity index (χ2n) is 5.00. The lowest BCUT2D eigenvalue weighted by molar-refractivity contribution is 0.577. The Hall–Kier alpha value is -1.95. The van der Waals surface area contributed by atoms with E-state index in [4.69, 9.17) is 4.42 Å². The molecule has 3 heterocycles. The highest BCUT2D eigenvalue weighted by atomic mass is 127. The molecule has 0 amide bonds. The molecule has 0 bridgehead atoms. The van der Waals surface area contributed by atoms with Crippen LogP contribution in [-0.4, -0.2) is 32.7 Å². The minimum atomic E-state index is 0. The third-order valence-corrected chi connectivity index (χ3v) is 3.99. The minimum Gasteiger partial charge on any atom is -0.461 e. The lowest BCUT2D eigenvalue weighted by Gasteiger charge is -2.09. The number of aromatic nitrogens is 4. The molecule has 0 unspecified atom stereocenters. The molecular weight excluding hydrogens is 453 g/mol. The molecule has 0 fully saturated rings. The van der Waals surface area contributed by atoms with E-state index in [2.05, 4.69) is 35.8 Å². The van der Waals surface area contributed by atoms with Crippen LogP contribution in [0.4, 0.5) is 0 Å². The van der Waals surface area contributed by atoms with Gasteiger partial charge in [0.15, 0.2) is 11.7 Å². The Bertz CT molecular complexity index is 797. The van der Waals surface area contributed by atoms with Crippen LogP contribution in [0.15, 0.2) is 34.0 Å². The van der Waals surface area contributed by atoms with Crippen molar-refractivity contribution in [3.8, 4) is 11.6 Å². The molecule has 0 aromatic carbocycles. The van der Waals surface area contributed by atoms with E-state index in [1.807, 2.05) is 26.1 Å². The van der Waals surface area contributed by atoms with Crippen molar-refractivity contribution in [1.82, 2.24) is 30.8 Å². The van der Waals surface area contributed by atoms with Gasteiger partial charge in [0.2, 0.25) is 5.82 Å². The number of nitrogens with one attached hydrogen (secondary N) is 3. The normalized spacial score (nSPS) is 11.2. The van der Waals surface area contributed by atoms with Crippen LogP contribution in [0.5, 0.6) is 0 Å². The van der Waals surface area contributed by atoms with Gasteiger partial charge in [0, 0.05) is 17.6 Å². The first-order chi connectivity index (χ1) is 11.7. The zero-order chi connectivity index (χ0) is 16.8. The predicted octanol–water partition coefficient (Wildman–Crippen LogP) is 2.70. The van der Waals surface area contributed by atoms with Gasteiger partial charge in [0.1, 0.15) is 17.4 Å². The fourth-order valence-electron chi connectivity index (χ4n) is 2.02. The van der Waals surface area contributed by atoms with E-state index in [1.54, 1.807) is 23.7 Å². The third kappa shape index (κ3) is 5.53. The summed E-state index contributed by atoms with van der Waals surface area (Å²) in [6.07, 6.45) is 3.47. The lowest BCUT2D eigenvalue weighted by Crippen LogP contribution is -2.36. The largest absolute Gasteiger partial charge is 0.461 e. The Balaban J connectivity index is 0.00000225. The quantitative estimate of drug-likeness (QED) is 0.289. The number of aliphatic imine (C=N–C) groups is 1. The minimum absolute atomic E-state index is 0. The van der Waals surface area contributed by atoms with Gasteiger partial charge >= 0.3 is 0 Å². The fraction of sp³-hybridized carbons (Fsp3) is 0.333. The molecule has 0 aliphatic carbocycles. The van der Waals surface area contributed by atoms with Crippen molar-refractivity contribution in [2.45, 2.75) is 26.9 Å². The van der Waals surface area contributed by atoms with Crippen molar-refractivity contribution in [3.05, 3.63) is 40.3 Å². The number of H-pyrrole nitrogens is 1. The second-order valence-corrected chi connectivity index (χ2v) is 6.32. The van der Waals surface area contributed by atoms with Crippen LogP contribution in [0, 0.1) is 6.92 Å². The van der Waals surface area contributed by atoms with Crippen molar-refractivity contribution in [2.75, 3.05) is 6.54 Å². The second kappa shape index (κ2) is 9.51. The average molecular weight is 473 g/mol. The van der Waals surface area contributed by atoms with Crippen LogP contribution < -0.4 is 10.6 Å². The molecule has 0 aliphatic rings. The predicted molar refractivity (Wildman–Crippen MR) is 108 cm³/mol. The van der Waals surface area contributed by atoms with Crippen molar-refractivity contribution in [3.63, 3.8) is 0 Å². The third-order valence-electron chi connectivity index (χ3n) is 3.08. The van der Waals surface area contributed by atoms with Crippen molar-refractivity contribution in [1.29, 1.82) is 0 Å². The Kier molecular flexibility index (Phi) is 7.37. The number of aromatic amines is 1. The first kappa shape index (κ1) is 19.4. The van der Waals surface area contributed by atoms with Gasteiger partial charge in [-0.15, -0.1) is 40.4 Å². The van der Waals surface area contributed by atoms with Gasteiger partial charge in [0.25, 0.3) is 0 Å². The van der Waals surface area contributed by atoms with Gasteiger partial charge in [-0.1, -0.05) is 0 Å². The summed E-state index contributed by atoms with van der Waals surface area (Å²) in [4.78, 5) is 14.4. The summed E-state index contributed by atoms with van der Waals surface area (Å²) < 4.78 is 5.28. The van der Waals surface area contributed by atoms with Crippen molar-refractivity contribution < 1.29 is 4.42 Å². The summed E-state index contributed by atoms with van der Waals surface area (Å²) in [7, 11) is 0. The summed E-state index contributed by atoms with van der Waals surface area (Å²) >= 11 is 1.67. The SMILES string of the molecule is CCNC(=NCc1nc(-c2ccco2)n[nH]1)NCc1ncc(C)s1.I. The molecule has 10 heteroatoms. The number of guanidine groups is 1. The first-order valence-electron chi connectivity index (χ1n) is 7.63. The van der Waals surface area contributed by atoms with Crippen LogP contribution in [0.1, 0.15) is 22.6 Å². The highest BCUT2D eigenvalue weighted by Gasteiger charge is 2.08. The molecule has 3 rings (SSSR count). The van der Waals surface area contributed by atoms with E-state index in [0.29, 0.717) is 36.5 Å². The van der Waals surface area contributed by atoms with Gasteiger partial charge in [-0.2, -0.15) is 0 Å². The van der Waals surface area contributed by atoms with E-state index in [9.17, 15) is 0 Å². The Morgan fingerprint density at radius 2 is 2.28 bits per heavy atom. The van der Waals surface area contributed by atoms with Crippen LogP contribution in [0.2, 0.25) is 0 Å². The topological polar surface area (TPSA) is 104 Å². The molecule has 0 atom stereocenters. The molecule has 0 saturated heterocycles. The molecule has 8 nitrogen and oxygen atoms in total. The maximum absolute atomic E-state index is 5.28. The average Bonchev–Trinajstić information content (AvgIpc) is 3.31. The highest BCUT2D eigenvalue weighted by molar-refractivity contribution is 14.0. The molecule has 3 aromatic rings. The van der Waals surface area contributed by atoms with Crippen LogP contribution in [0.3, 0.4) is 0 Å². The number of hydrogen-bond acceptors (Lipinski definition) is 6. The van der Waals surface area contributed by atoms with Gasteiger partial charge in [-0.25, -0.2) is 15.0 Å². The highest BCUT2D eigenvalue weighted by Crippen LogP contribution is 2.14. The number of furan rings is 1. The van der Waals surface area contributed by atoms with E-state index in [-0.39, 0.29) is 24.0 Å². The summed E-state index contributed by atoms with van der Waals surface area (Å²) in [6, 6.07) is 3.62. The Morgan fingerprint density at radius 3 is 2.96 bits per heavy atom. The van der Waals surface area contributed by atoms with E-state index >= 15 is 0 Å². The lowest BCUT2D eigenvalue weighted by atomic mass is 10.4. The molecule has 0 spiro atoms. The summed E-state index contributed by atoms with van der Waals surface area (Å²) in [6.45, 7) is 5.87. The van der Waals surface area contributed by atoms with Gasteiger partial charge in [-0.05, 0) is 26.0 Å². The number of hydrogen-bond donors (Lipinski definition) is 3. The first-order valence-corrected chi connectivity index (χ1v) is 8.45. The molecule has 0 aliphatic heterocycles. The molecule has 3 aromatic heterocycles. The van der Waals surface area contributed by atoms with E-state index < -0.39 is 0 Å².